The van der Waals surface area contributed by atoms with Gasteiger partial charge in [0.05, 0.1) is 18.8 Å². The summed E-state index contributed by atoms with van der Waals surface area (Å²) in [6.45, 7) is 2.28. The van der Waals surface area contributed by atoms with Gasteiger partial charge >= 0.3 is 13.1 Å². The number of fused-ring (bicyclic) bond motifs is 1. The lowest BCUT2D eigenvalue weighted by molar-refractivity contribution is 0.0526. The zero-order valence-electron chi connectivity index (χ0n) is 12.5. The number of phenols is 1. The number of benzene rings is 2. The molecule has 0 atom stereocenters. The van der Waals surface area contributed by atoms with Crippen LogP contribution < -0.4 is 10.2 Å². The molecule has 0 fully saturated rings. The third kappa shape index (κ3) is 3.15. The summed E-state index contributed by atoms with van der Waals surface area (Å²) in [6.07, 6.45) is 0. The summed E-state index contributed by atoms with van der Waals surface area (Å²) in [5.41, 5.74) is 1.80. The van der Waals surface area contributed by atoms with Crippen molar-refractivity contribution in [3.63, 3.8) is 0 Å². The third-order valence-corrected chi connectivity index (χ3v) is 3.48. The second kappa shape index (κ2) is 6.32. The van der Waals surface area contributed by atoms with Crippen molar-refractivity contribution in [3.05, 3.63) is 47.5 Å². The maximum absolute atomic E-state index is 11.7. The second-order valence-corrected chi connectivity index (χ2v) is 5.03. The summed E-state index contributed by atoms with van der Waals surface area (Å²) < 4.78 is 15.7. The molecule has 6 nitrogen and oxygen atoms in total. The SMILES string of the molecule is CCOC(=O)c1ccc(O)c(Oc2ccc3c(c2)COB3O)c1. The van der Waals surface area contributed by atoms with E-state index < -0.39 is 13.1 Å². The molecule has 23 heavy (non-hydrogen) atoms. The smallest absolute Gasteiger partial charge is 0.491 e. The number of hydrogen-bond acceptors (Lipinski definition) is 6. The van der Waals surface area contributed by atoms with Crippen molar-refractivity contribution >= 4 is 18.6 Å². The van der Waals surface area contributed by atoms with E-state index in [9.17, 15) is 14.9 Å². The van der Waals surface area contributed by atoms with Crippen LogP contribution in [0.15, 0.2) is 36.4 Å². The fraction of sp³-hybridized carbons (Fsp3) is 0.188. The minimum absolute atomic E-state index is 0.0881. The third-order valence-electron chi connectivity index (χ3n) is 3.48. The van der Waals surface area contributed by atoms with Gasteiger partial charge in [-0.05, 0) is 48.3 Å². The summed E-state index contributed by atoms with van der Waals surface area (Å²) in [7, 11) is -0.917. The highest BCUT2D eigenvalue weighted by Gasteiger charge is 2.27. The number of ether oxygens (including phenoxy) is 2. The highest BCUT2D eigenvalue weighted by atomic mass is 16.5. The van der Waals surface area contributed by atoms with E-state index in [2.05, 4.69) is 0 Å². The average Bonchev–Trinajstić information content (AvgIpc) is 2.90. The number of rotatable bonds is 4. The van der Waals surface area contributed by atoms with Gasteiger partial charge < -0.3 is 24.3 Å². The van der Waals surface area contributed by atoms with Crippen molar-refractivity contribution in [2.24, 2.45) is 0 Å². The van der Waals surface area contributed by atoms with Crippen molar-refractivity contribution in [2.45, 2.75) is 13.5 Å². The summed E-state index contributed by atoms with van der Waals surface area (Å²) in [4.78, 5) is 11.7. The predicted molar refractivity (Wildman–Crippen MR) is 83.0 cm³/mol. The van der Waals surface area contributed by atoms with Crippen LogP contribution in [0.1, 0.15) is 22.8 Å². The van der Waals surface area contributed by atoms with Crippen LogP contribution in [-0.4, -0.2) is 29.8 Å². The van der Waals surface area contributed by atoms with Crippen LogP contribution in [-0.2, 0) is 16.0 Å². The van der Waals surface area contributed by atoms with Crippen molar-refractivity contribution in [3.8, 4) is 17.2 Å². The monoisotopic (exact) mass is 314 g/mol. The molecule has 0 unspecified atom stereocenters. The number of carbonyl (C=O) groups is 1. The molecule has 0 aromatic heterocycles. The molecule has 0 amide bonds. The number of esters is 1. The molecule has 0 bridgehead atoms. The first kappa shape index (κ1) is 15.4. The maximum atomic E-state index is 11.7. The molecule has 0 saturated heterocycles. The highest BCUT2D eigenvalue weighted by molar-refractivity contribution is 6.61. The fourth-order valence-electron chi connectivity index (χ4n) is 2.33. The average molecular weight is 314 g/mol. The van der Waals surface area contributed by atoms with E-state index in [0.717, 1.165) is 5.56 Å². The first-order valence-corrected chi connectivity index (χ1v) is 7.19. The van der Waals surface area contributed by atoms with Gasteiger partial charge in [0.15, 0.2) is 11.5 Å². The first-order chi connectivity index (χ1) is 11.1. The number of carbonyl (C=O) groups excluding carboxylic acids is 1. The first-order valence-electron chi connectivity index (χ1n) is 7.19. The molecular formula is C16H15BO6. The summed E-state index contributed by atoms with van der Waals surface area (Å²) >= 11 is 0. The molecular weight excluding hydrogens is 299 g/mol. The van der Waals surface area contributed by atoms with Gasteiger partial charge in [-0.3, -0.25) is 0 Å². The molecule has 0 radical (unpaired) electrons. The summed E-state index contributed by atoms with van der Waals surface area (Å²) in [5.74, 6) is 0.0467. The molecule has 2 N–H and O–H groups in total. The van der Waals surface area contributed by atoms with E-state index in [0.29, 0.717) is 23.4 Å². The Morgan fingerprint density at radius 1 is 1.30 bits per heavy atom. The second-order valence-electron chi connectivity index (χ2n) is 5.03. The van der Waals surface area contributed by atoms with Gasteiger partial charge in [0.1, 0.15) is 5.75 Å². The Morgan fingerprint density at radius 3 is 2.91 bits per heavy atom. The summed E-state index contributed by atoms with van der Waals surface area (Å²) in [5, 5.41) is 19.5. The number of aromatic hydroxyl groups is 1. The van der Waals surface area contributed by atoms with Crippen LogP contribution in [0, 0.1) is 0 Å². The molecule has 3 rings (SSSR count). The molecule has 1 heterocycles. The van der Waals surface area contributed by atoms with Gasteiger partial charge in [-0.15, -0.1) is 0 Å². The van der Waals surface area contributed by atoms with E-state index in [-0.39, 0.29) is 18.1 Å². The fourth-order valence-corrected chi connectivity index (χ4v) is 2.33. The van der Waals surface area contributed by atoms with Crippen molar-refractivity contribution in [1.82, 2.24) is 0 Å². The molecule has 0 saturated carbocycles. The Kier molecular flexibility index (Phi) is 4.23. The van der Waals surface area contributed by atoms with Crippen LogP contribution in [0.4, 0.5) is 0 Å². The number of phenolic OH excluding ortho intramolecular Hbond substituents is 1. The molecule has 2 aromatic carbocycles. The van der Waals surface area contributed by atoms with Crippen molar-refractivity contribution in [2.75, 3.05) is 6.61 Å². The molecule has 0 spiro atoms. The van der Waals surface area contributed by atoms with Crippen LogP contribution in [0.3, 0.4) is 0 Å². The molecule has 118 valence electrons. The van der Waals surface area contributed by atoms with Gasteiger partial charge in [-0.2, -0.15) is 0 Å². The van der Waals surface area contributed by atoms with Gasteiger partial charge in [0.25, 0.3) is 0 Å². The minimum Gasteiger partial charge on any atom is -0.504 e. The van der Waals surface area contributed by atoms with Crippen molar-refractivity contribution < 1.29 is 29.1 Å². The van der Waals surface area contributed by atoms with Crippen LogP contribution >= 0.6 is 0 Å². The van der Waals surface area contributed by atoms with Gasteiger partial charge in [0.2, 0.25) is 0 Å². The van der Waals surface area contributed by atoms with Gasteiger partial charge in [0, 0.05) is 0 Å². The zero-order chi connectivity index (χ0) is 16.4. The molecule has 1 aliphatic rings. The zero-order valence-corrected chi connectivity index (χ0v) is 12.5. The molecule has 7 heteroatoms. The van der Waals surface area contributed by atoms with Crippen LogP contribution in [0.25, 0.3) is 0 Å². The van der Waals surface area contributed by atoms with Crippen molar-refractivity contribution in [1.29, 1.82) is 0 Å². The molecule has 0 aliphatic carbocycles. The van der Waals surface area contributed by atoms with E-state index in [4.69, 9.17) is 14.1 Å². The Bertz CT molecular complexity index is 745. The largest absolute Gasteiger partial charge is 0.504 e. The highest BCUT2D eigenvalue weighted by Crippen LogP contribution is 2.32. The van der Waals surface area contributed by atoms with E-state index in [1.54, 1.807) is 25.1 Å². The number of hydrogen-bond donors (Lipinski definition) is 2. The quantitative estimate of drug-likeness (QED) is 0.658. The lowest BCUT2D eigenvalue weighted by atomic mass is 9.80. The van der Waals surface area contributed by atoms with E-state index >= 15 is 0 Å². The predicted octanol–water partition coefficient (Wildman–Crippen LogP) is 1.58. The normalized spacial score (nSPS) is 12.9. The Hall–Kier alpha value is -2.51. The summed E-state index contributed by atoms with van der Waals surface area (Å²) in [6, 6.07) is 9.35. The standard InChI is InChI=1S/C16H15BO6/c1-2-21-16(19)10-3-6-14(18)15(8-10)23-12-4-5-13-11(7-12)9-22-17(13)20/h3-8,18,20H,2,9H2,1H3. The van der Waals surface area contributed by atoms with E-state index in [1.165, 1.54) is 18.2 Å². The van der Waals surface area contributed by atoms with Crippen LogP contribution in [0.5, 0.6) is 17.2 Å². The minimum atomic E-state index is -0.917. The topological polar surface area (TPSA) is 85.2 Å². The lowest BCUT2D eigenvalue weighted by Crippen LogP contribution is -2.27. The molecule has 2 aromatic rings. The Labute approximate surface area is 133 Å². The van der Waals surface area contributed by atoms with Gasteiger partial charge in [-0.25, -0.2) is 4.79 Å². The van der Waals surface area contributed by atoms with E-state index in [1.807, 2.05) is 0 Å². The lowest BCUT2D eigenvalue weighted by Gasteiger charge is -2.10. The maximum Gasteiger partial charge on any atom is 0.491 e. The van der Waals surface area contributed by atoms with Crippen LogP contribution in [0.2, 0.25) is 0 Å². The Morgan fingerprint density at radius 2 is 2.13 bits per heavy atom. The van der Waals surface area contributed by atoms with Gasteiger partial charge in [-0.1, -0.05) is 6.07 Å². The molecule has 1 aliphatic heterocycles. The Balaban J connectivity index is 1.85.